The van der Waals surface area contributed by atoms with Gasteiger partial charge < -0.3 is 5.73 Å². The van der Waals surface area contributed by atoms with Crippen molar-refractivity contribution in [2.24, 2.45) is 5.73 Å². The van der Waals surface area contributed by atoms with E-state index in [0.29, 0.717) is 0 Å². The van der Waals surface area contributed by atoms with Gasteiger partial charge in [0.25, 0.3) is 0 Å². The summed E-state index contributed by atoms with van der Waals surface area (Å²) in [6.45, 7) is 3.82. The number of nitrogens with two attached hydrogens (primary N) is 1. The number of nitrogens with zero attached hydrogens (tertiary/aromatic N) is 4. The molecular formula is C14H15N5. The minimum Gasteiger partial charge on any atom is -0.320 e. The molecule has 0 fully saturated rings. The molecular weight excluding hydrogens is 238 g/mol. The van der Waals surface area contributed by atoms with Crippen molar-refractivity contribution in [3.63, 3.8) is 0 Å². The number of rotatable bonds is 2. The van der Waals surface area contributed by atoms with Crippen LogP contribution in [0, 0.1) is 0 Å². The summed E-state index contributed by atoms with van der Waals surface area (Å²) in [5.74, 6) is 0. The topological polar surface area (TPSA) is 69.6 Å². The Morgan fingerprint density at radius 3 is 2.74 bits per heavy atom. The van der Waals surface area contributed by atoms with Crippen molar-refractivity contribution in [2.45, 2.75) is 19.4 Å². The Hall–Kier alpha value is -2.27. The number of hydrogen-bond donors (Lipinski definition) is 1. The van der Waals surface area contributed by atoms with Crippen LogP contribution in [0.3, 0.4) is 0 Å². The lowest BCUT2D eigenvalue weighted by Gasteiger charge is -2.13. The Morgan fingerprint density at radius 1 is 1.16 bits per heavy atom. The summed E-state index contributed by atoms with van der Waals surface area (Å²) in [6, 6.07) is 9.86. The quantitative estimate of drug-likeness (QED) is 0.758. The maximum Gasteiger partial charge on any atom is 0.102 e. The Balaban J connectivity index is 2.17. The maximum atomic E-state index is 6.03. The second kappa shape index (κ2) is 4.13. The molecule has 2 N–H and O–H groups in total. The number of pyridine rings is 1. The molecule has 3 aromatic rings. The predicted molar refractivity (Wildman–Crippen MR) is 73.9 cm³/mol. The van der Waals surface area contributed by atoms with Gasteiger partial charge in [-0.3, -0.25) is 4.98 Å². The number of fused-ring (bicyclic) bond motifs is 1. The van der Waals surface area contributed by atoms with Crippen LogP contribution in [-0.4, -0.2) is 20.0 Å². The molecule has 5 nitrogen and oxygen atoms in total. The molecule has 0 aliphatic rings. The lowest BCUT2D eigenvalue weighted by Crippen LogP contribution is -2.29. The van der Waals surface area contributed by atoms with Crippen molar-refractivity contribution in [2.75, 3.05) is 0 Å². The standard InChI is InChI=1S/C14H15N5/c1-14(2,15)13-9-19(18-17-13)12-7-3-6-11-10(12)5-4-8-16-11/h3-9H,15H2,1-2H3. The van der Waals surface area contributed by atoms with Gasteiger partial charge in [-0.05, 0) is 38.1 Å². The largest absolute Gasteiger partial charge is 0.320 e. The van der Waals surface area contributed by atoms with E-state index < -0.39 is 5.54 Å². The summed E-state index contributed by atoms with van der Waals surface area (Å²) in [5.41, 5.74) is 8.18. The fraction of sp³-hybridized carbons (Fsp3) is 0.214. The predicted octanol–water partition coefficient (Wildman–Crippen LogP) is 2.01. The van der Waals surface area contributed by atoms with Gasteiger partial charge in [-0.15, -0.1) is 5.10 Å². The van der Waals surface area contributed by atoms with E-state index in [1.165, 1.54) is 0 Å². The highest BCUT2D eigenvalue weighted by atomic mass is 15.4. The van der Waals surface area contributed by atoms with Crippen LogP contribution in [-0.2, 0) is 5.54 Å². The monoisotopic (exact) mass is 253 g/mol. The summed E-state index contributed by atoms with van der Waals surface area (Å²) in [4.78, 5) is 4.34. The fourth-order valence-electron chi connectivity index (χ4n) is 1.96. The highest BCUT2D eigenvalue weighted by Crippen LogP contribution is 2.21. The van der Waals surface area contributed by atoms with Gasteiger partial charge in [0.2, 0.25) is 0 Å². The van der Waals surface area contributed by atoms with Crippen molar-refractivity contribution in [3.05, 3.63) is 48.4 Å². The van der Waals surface area contributed by atoms with Gasteiger partial charge in [-0.1, -0.05) is 11.3 Å². The average Bonchev–Trinajstić information content (AvgIpc) is 2.87. The second-order valence-electron chi connectivity index (χ2n) is 5.12. The van der Waals surface area contributed by atoms with Gasteiger partial charge in [0.05, 0.1) is 22.9 Å². The van der Waals surface area contributed by atoms with Crippen molar-refractivity contribution in [1.29, 1.82) is 0 Å². The van der Waals surface area contributed by atoms with E-state index >= 15 is 0 Å². The molecule has 5 heteroatoms. The van der Waals surface area contributed by atoms with Crippen LogP contribution in [0.25, 0.3) is 16.6 Å². The fourth-order valence-corrected chi connectivity index (χ4v) is 1.96. The summed E-state index contributed by atoms with van der Waals surface area (Å²) in [5, 5.41) is 9.34. The molecule has 0 bridgehead atoms. The van der Waals surface area contributed by atoms with E-state index in [2.05, 4.69) is 15.3 Å². The van der Waals surface area contributed by atoms with E-state index in [0.717, 1.165) is 22.3 Å². The van der Waals surface area contributed by atoms with Crippen LogP contribution in [0.2, 0.25) is 0 Å². The maximum absolute atomic E-state index is 6.03. The Labute approximate surface area is 111 Å². The zero-order valence-corrected chi connectivity index (χ0v) is 10.9. The first-order chi connectivity index (χ1) is 9.05. The Kier molecular flexibility index (Phi) is 2.57. The van der Waals surface area contributed by atoms with Gasteiger partial charge >= 0.3 is 0 Å². The normalized spacial score (nSPS) is 11.9. The van der Waals surface area contributed by atoms with E-state index in [1.54, 1.807) is 10.9 Å². The molecule has 3 rings (SSSR count). The minimum atomic E-state index is -0.499. The zero-order chi connectivity index (χ0) is 13.5. The smallest absolute Gasteiger partial charge is 0.102 e. The second-order valence-corrected chi connectivity index (χ2v) is 5.12. The molecule has 0 atom stereocenters. The number of hydrogen-bond acceptors (Lipinski definition) is 4. The van der Waals surface area contributed by atoms with Crippen LogP contribution in [0.5, 0.6) is 0 Å². The molecule has 1 aromatic carbocycles. The van der Waals surface area contributed by atoms with Crippen LogP contribution in [0.4, 0.5) is 0 Å². The van der Waals surface area contributed by atoms with Gasteiger partial charge in [0.1, 0.15) is 5.69 Å². The van der Waals surface area contributed by atoms with Crippen molar-refractivity contribution in [3.8, 4) is 5.69 Å². The van der Waals surface area contributed by atoms with E-state index in [9.17, 15) is 0 Å². The average molecular weight is 253 g/mol. The van der Waals surface area contributed by atoms with Crippen LogP contribution >= 0.6 is 0 Å². The van der Waals surface area contributed by atoms with Crippen molar-refractivity contribution >= 4 is 10.9 Å². The third-order valence-corrected chi connectivity index (χ3v) is 3.02. The molecule has 2 heterocycles. The first-order valence-corrected chi connectivity index (χ1v) is 6.11. The number of benzene rings is 1. The molecule has 0 amide bonds. The first-order valence-electron chi connectivity index (χ1n) is 6.11. The highest BCUT2D eigenvalue weighted by molar-refractivity contribution is 5.86. The van der Waals surface area contributed by atoms with Gasteiger partial charge in [0.15, 0.2) is 0 Å². The zero-order valence-electron chi connectivity index (χ0n) is 10.9. The lowest BCUT2D eigenvalue weighted by molar-refractivity contribution is 0.533. The van der Waals surface area contributed by atoms with Crippen LogP contribution in [0.1, 0.15) is 19.5 Å². The molecule has 0 aliphatic carbocycles. The van der Waals surface area contributed by atoms with E-state index in [-0.39, 0.29) is 0 Å². The molecule has 0 saturated heterocycles. The van der Waals surface area contributed by atoms with E-state index in [1.807, 2.05) is 50.4 Å². The van der Waals surface area contributed by atoms with Gasteiger partial charge in [-0.25, -0.2) is 4.68 Å². The minimum absolute atomic E-state index is 0.499. The molecule has 0 aliphatic heterocycles. The Morgan fingerprint density at radius 2 is 2.00 bits per heavy atom. The molecule has 0 spiro atoms. The van der Waals surface area contributed by atoms with Gasteiger partial charge in [-0.2, -0.15) is 0 Å². The van der Waals surface area contributed by atoms with Crippen molar-refractivity contribution in [1.82, 2.24) is 20.0 Å². The van der Waals surface area contributed by atoms with Crippen LogP contribution in [0.15, 0.2) is 42.7 Å². The summed E-state index contributed by atoms with van der Waals surface area (Å²) in [6.07, 6.45) is 3.64. The summed E-state index contributed by atoms with van der Waals surface area (Å²) < 4.78 is 1.74. The Bertz CT molecular complexity index is 719. The lowest BCUT2D eigenvalue weighted by atomic mass is 10.0. The third kappa shape index (κ3) is 2.08. The molecule has 0 unspecified atom stereocenters. The molecule has 0 saturated carbocycles. The van der Waals surface area contributed by atoms with Crippen molar-refractivity contribution < 1.29 is 0 Å². The van der Waals surface area contributed by atoms with E-state index in [4.69, 9.17) is 5.73 Å². The first kappa shape index (κ1) is 11.8. The SMILES string of the molecule is CC(C)(N)c1cn(-c2cccc3ncccc23)nn1. The van der Waals surface area contributed by atoms with Gasteiger partial charge in [0, 0.05) is 11.6 Å². The number of aromatic nitrogens is 4. The van der Waals surface area contributed by atoms with Crippen LogP contribution < -0.4 is 5.73 Å². The molecule has 0 radical (unpaired) electrons. The third-order valence-electron chi connectivity index (χ3n) is 3.02. The molecule has 96 valence electrons. The molecule has 2 aromatic heterocycles. The summed E-state index contributed by atoms with van der Waals surface area (Å²) in [7, 11) is 0. The molecule has 19 heavy (non-hydrogen) atoms. The highest BCUT2D eigenvalue weighted by Gasteiger charge is 2.19. The summed E-state index contributed by atoms with van der Waals surface area (Å²) >= 11 is 0.